The molecule has 0 N–H and O–H groups in total. The topological polar surface area (TPSA) is 68.9 Å². The maximum Gasteiger partial charge on any atom is 0.225 e. The molecule has 1 aliphatic heterocycles. The third kappa shape index (κ3) is 3.39. The molecule has 0 aliphatic carbocycles. The first kappa shape index (κ1) is 15.2. The summed E-state index contributed by atoms with van der Waals surface area (Å²) < 4.78 is 0. The van der Waals surface area contributed by atoms with Crippen LogP contribution in [0.5, 0.6) is 0 Å². The van der Waals surface area contributed by atoms with E-state index in [2.05, 4.69) is 37.9 Å². The van der Waals surface area contributed by atoms with E-state index in [4.69, 9.17) is 5.26 Å². The molecule has 0 amide bonds. The zero-order valence-corrected chi connectivity index (χ0v) is 13.5. The molecule has 0 saturated carbocycles. The van der Waals surface area contributed by atoms with E-state index in [0.29, 0.717) is 11.6 Å². The van der Waals surface area contributed by atoms with Crippen LogP contribution in [0.2, 0.25) is 0 Å². The first-order valence-electron chi connectivity index (χ1n) is 7.80. The maximum atomic E-state index is 8.84. The average molecular weight is 308 g/mol. The van der Waals surface area contributed by atoms with Crippen LogP contribution in [-0.4, -0.2) is 41.1 Å². The summed E-state index contributed by atoms with van der Waals surface area (Å²) in [4.78, 5) is 17.6. The van der Waals surface area contributed by atoms with Crippen LogP contribution in [-0.2, 0) is 0 Å². The normalized spacial score (nSPS) is 15.3. The third-order valence-electron chi connectivity index (χ3n) is 4.30. The summed E-state index contributed by atoms with van der Waals surface area (Å²) in [6.07, 6.45) is 7.42. The second-order valence-corrected chi connectivity index (χ2v) is 5.91. The zero-order valence-electron chi connectivity index (χ0n) is 13.5. The van der Waals surface area contributed by atoms with Gasteiger partial charge in [-0.15, -0.1) is 0 Å². The fourth-order valence-corrected chi connectivity index (χ4v) is 2.85. The molecule has 6 heteroatoms. The molecule has 0 spiro atoms. The Morgan fingerprint density at radius 1 is 1.13 bits per heavy atom. The number of hydrogen-bond acceptors (Lipinski definition) is 6. The zero-order chi connectivity index (χ0) is 16.2. The summed E-state index contributed by atoms with van der Waals surface area (Å²) in [7, 11) is 2.06. The molecule has 0 radical (unpaired) electrons. The molecular formula is C17H20N6. The summed E-state index contributed by atoms with van der Waals surface area (Å²) in [5, 5.41) is 8.84. The molecule has 0 unspecified atom stereocenters. The van der Waals surface area contributed by atoms with Gasteiger partial charge >= 0.3 is 0 Å². The number of anilines is 2. The minimum Gasteiger partial charge on any atom is -0.356 e. The molecule has 3 heterocycles. The quantitative estimate of drug-likeness (QED) is 0.865. The van der Waals surface area contributed by atoms with Crippen molar-refractivity contribution in [3.05, 3.63) is 41.9 Å². The molecule has 3 rings (SSSR count). The fourth-order valence-electron chi connectivity index (χ4n) is 2.85. The maximum absolute atomic E-state index is 8.84. The van der Waals surface area contributed by atoms with Crippen LogP contribution in [0, 0.1) is 18.3 Å². The summed E-state index contributed by atoms with van der Waals surface area (Å²) in [6.45, 7) is 3.88. The van der Waals surface area contributed by atoms with Crippen molar-refractivity contribution in [1.29, 1.82) is 5.26 Å². The van der Waals surface area contributed by atoms with Crippen molar-refractivity contribution < 1.29 is 0 Å². The minimum atomic E-state index is 0.437. The Morgan fingerprint density at radius 3 is 2.39 bits per heavy atom. The van der Waals surface area contributed by atoms with Gasteiger partial charge in [0.25, 0.3) is 0 Å². The summed E-state index contributed by atoms with van der Waals surface area (Å²) >= 11 is 0. The number of piperidine rings is 1. The lowest BCUT2D eigenvalue weighted by Gasteiger charge is -2.37. The Hall–Kier alpha value is -2.68. The van der Waals surface area contributed by atoms with Crippen LogP contribution in [0.1, 0.15) is 24.0 Å². The molecular weight excluding hydrogens is 288 g/mol. The number of pyridine rings is 1. The van der Waals surface area contributed by atoms with Crippen molar-refractivity contribution in [1.82, 2.24) is 15.0 Å². The second kappa shape index (κ2) is 6.61. The molecule has 1 aliphatic rings. The number of aryl methyl sites for hydroxylation is 1. The lowest BCUT2D eigenvalue weighted by molar-refractivity contribution is 0.475. The van der Waals surface area contributed by atoms with Crippen molar-refractivity contribution in [2.75, 3.05) is 29.9 Å². The Bertz CT molecular complexity index is 681. The molecule has 2 aromatic heterocycles. The first-order chi connectivity index (χ1) is 11.2. The van der Waals surface area contributed by atoms with Gasteiger partial charge in [-0.1, -0.05) is 0 Å². The fraction of sp³-hybridized carbons (Fsp3) is 0.412. The Balaban J connectivity index is 1.61. The number of hydrogen-bond donors (Lipinski definition) is 0. The number of nitrogens with zero attached hydrogens (tertiary/aromatic N) is 6. The van der Waals surface area contributed by atoms with E-state index < -0.39 is 0 Å². The van der Waals surface area contributed by atoms with Crippen molar-refractivity contribution in [3.8, 4) is 6.07 Å². The largest absolute Gasteiger partial charge is 0.356 e. The van der Waals surface area contributed by atoms with Gasteiger partial charge in [0.05, 0.1) is 5.56 Å². The van der Waals surface area contributed by atoms with Crippen molar-refractivity contribution in [2.24, 2.45) is 0 Å². The van der Waals surface area contributed by atoms with Crippen LogP contribution < -0.4 is 9.80 Å². The van der Waals surface area contributed by atoms with E-state index in [1.54, 1.807) is 6.20 Å². The SMILES string of the molecule is Cc1cnc(N(C)C2CCN(c3ccc(C#N)cn3)CC2)nc1. The van der Waals surface area contributed by atoms with Gasteiger partial charge in [0.2, 0.25) is 5.95 Å². The van der Waals surface area contributed by atoms with Gasteiger partial charge < -0.3 is 9.80 Å². The van der Waals surface area contributed by atoms with Crippen LogP contribution in [0.4, 0.5) is 11.8 Å². The molecule has 2 aromatic rings. The lowest BCUT2D eigenvalue weighted by Crippen LogP contribution is -2.44. The highest BCUT2D eigenvalue weighted by atomic mass is 15.3. The highest BCUT2D eigenvalue weighted by Crippen LogP contribution is 2.22. The van der Waals surface area contributed by atoms with Gasteiger partial charge in [0.1, 0.15) is 11.9 Å². The number of rotatable bonds is 3. The standard InChI is InChI=1S/C17H20N6/c1-13-10-20-17(21-11-13)22(2)15-5-7-23(8-6-15)16-4-3-14(9-18)12-19-16/h3-4,10-12,15H,5-8H2,1-2H3. The molecule has 23 heavy (non-hydrogen) atoms. The molecule has 118 valence electrons. The monoisotopic (exact) mass is 308 g/mol. The van der Waals surface area contributed by atoms with E-state index in [9.17, 15) is 0 Å². The Morgan fingerprint density at radius 2 is 1.83 bits per heavy atom. The van der Waals surface area contributed by atoms with Crippen LogP contribution >= 0.6 is 0 Å². The Labute approximate surface area is 136 Å². The van der Waals surface area contributed by atoms with Crippen LogP contribution in [0.3, 0.4) is 0 Å². The van der Waals surface area contributed by atoms with E-state index in [-0.39, 0.29) is 0 Å². The average Bonchev–Trinajstić information content (AvgIpc) is 2.62. The van der Waals surface area contributed by atoms with Crippen molar-refractivity contribution in [2.45, 2.75) is 25.8 Å². The highest BCUT2D eigenvalue weighted by molar-refractivity contribution is 5.43. The molecule has 1 saturated heterocycles. The predicted molar refractivity (Wildman–Crippen MR) is 89.4 cm³/mol. The van der Waals surface area contributed by atoms with Crippen molar-refractivity contribution >= 4 is 11.8 Å². The van der Waals surface area contributed by atoms with E-state index in [1.165, 1.54) is 0 Å². The Kier molecular flexibility index (Phi) is 4.38. The van der Waals surface area contributed by atoms with Crippen LogP contribution in [0.15, 0.2) is 30.7 Å². The highest BCUT2D eigenvalue weighted by Gasteiger charge is 2.24. The van der Waals surface area contributed by atoms with E-state index in [1.807, 2.05) is 31.5 Å². The van der Waals surface area contributed by atoms with E-state index >= 15 is 0 Å². The summed E-state index contributed by atoms with van der Waals surface area (Å²) in [5.74, 6) is 1.72. The molecule has 0 bridgehead atoms. The lowest BCUT2D eigenvalue weighted by atomic mass is 10.0. The van der Waals surface area contributed by atoms with Gasteiger partial charge in [-0.3, -0.25) is 0 Å². The number of aromatic nitrogens is 3. The van der Waals surface area contributed by atoms with Gasteiger partial charge in [-0.25, -0.2) is 15.0 Å². The van der Waals surface area contributed by atoms with Gasteiger partial charge in [-0.2, -0.15) is 5.26 Å². The first-order valence-corrected chi connectivity index (χ1v) is 7.80. The van der Waals surface area contributed by atoms with Crippen molar-refractivity contribution in [3.63, 3.8) is 0 Å². The molecule has 6 nitrogen and oxygen atoms in total. The third-order valence-corrected chi connectivity index (χ3v) is 4.30. The second-order valence-electron chi connectivity index (χ2n) is 5.91. The minimum absolute atomic E-state index is 0.437. The van der Waals surface area contributed by atoms with Gasteiger partial charge in [-0.05, 0) is 37.5 Å². The molecule has 1 fully saturated rings. The van der Waals surface area contributed by atoms with E-state index in [0.717, 1.165) is 43.3 Å². The van der Waals surface area contributed by atoms with Crippen LogP contribution in [0.25, 0.3) is 0 Å². The summed E-state index contributed by atoms with van der Waals surface area (Å²) in [5.41, 5.74) is 1.67. The number of nitriles is 1. The summed E-state index contributed by atoms with van der Waals surface area (Å²) in [6, 6.07) is 6.28. The van der Waals surface area contributed by atoms with Gasteiger partial charge in [0, 0.05) is 44.8 Å². The predicted octanol–water partition coefficient (Wildman–Crippen LogP) is 2.16. The smallest absolute Gasteiger partial charge is 0.225 e. The van der Waals surface area contributed by atoms with Gasteiger partial charge in [0.15, 0.2) is 0 Å². The molecule has 0 aromatic carbocycles. The molecule has 0 atom stereocenters.